The Balaban J connectivity index is 1.56. The lowest BCUT2D eigenvalue weighted by Gasteiger charge is -2.33. The van der Waals surface area contributed by atoms with Crippen LogP contribution in [-0.4, -0.2) is 54.7 Å². The SMILES string of the molecule is CN(C=O)C1CCC(Nc2cc(N[C@H]3CCOC3)c(N)cn2)CC1. The van der Waals surface area contributed by atoms with E-state index in [0.717, 1.165) is 63.2 Å². The topological polar surface area (TPSA) is 92.5 Å². The van der Waals surface area contributed by atoms with Gasteiger partial charge in [-0.3, -0.25) is 4.79 Å². The molecular weight excluding hydrogens is 306 g/mol. The first kappa shape index (κ1) is 16.8. The molecule has 2 aliphatic rings. The van der Waals surface area contributed by atoms with E-state index in [1.807, 2.05) is 13.1 Å². The van der Waals surface area contributed by atoms with E-state index >= 15 is 0 Å². The van der Waals surface area contributed by atoms with Crippen LogP contribution in [-0.2, 0) is 9.53 Å². The van der Waals surface area contributed by atoms with Crippen molar-refractivity contribution in [2.75, 3.05) is 36.6 Å². The summed E-state index contributed by atoms with van der Waals surface area (Å²) in [7, 11) is 1.86. The number of carbonyl (C=O) groups excluding carboxylic acids is 1. The van der Waals surface area contributed by atoms with Crippen LogP contribution in [0.3, 0.4) is 0 Å². The maximum atomic E-state index is 10.9. The summed E-state index contributed by atoms with van der Waals surface area (Å²) >= 11 is 0. The van der Waals surface area contributed by atoms with Crippen molar-refractivity contribution >= 4 is 23.6 Å². The van der Waals surface area contributed by atoms with E-state index in [9.17, 15) is 4.79 Å². The maximum absolute atomic E-state index is 10.9. The molecule has 1 amide bonds. The van der Waals surface area contributed by atoms with Crippen LogP contribution in [0.2, 0.25) is 0 Å². The number of pyridine rings is 1. The second-order valence-electron chi connectivity index (χ2n) is 6.78. The second-order valence-corrected chi connectivity index (χ2v) is 6.78. The molecule has 1 aliphatic carbocycles. The van der Waals surface area contributed by atoms with Gasteiger partial charge in [0.05, 0.1) is 30.2 Å². The molecule has 0 unspecified atom stereocenters. The number of amides is 1. The first-order valence-corrected chi connectivity index (χ1v) is 8.69. The van der Waals surface area contributed by atoms with Gasteiger partial charge in [0.15, 0.2) is 0 Å². The number of rotatable bonds is 6. The molecule has 1 aromatic heterocycles. The molecule has 2 fully saturated rings. The fourth-order valence-corrected chi connectivity index (χ4v) is 3.46. The normalized spacial score (nSPS) is 26.8. The lowest BCUT2D eigenvalue weighted by molar-refractivity contribution is -0.119. The van der Waals surface area contributed by atoms with Gasteiger partial charge in [0, 0.05) is 31.8 Å². The van der Waals surface area contributed by atoms with Crippen LogP contribution in [0.15, 0.2) is 12.3 Å². The molecule has 0 spiro atoms. The Morgan fingerprint density at radius 3 is 2.71 bits per heavy atom. The van der Waals surface area contributed by atoms with Gasteiger partial charge in [0.1, 0.15) is 5.82 Å². The third-order valence-electron chi connectivity index (χ3n) is 5.02. The van der Waals surface area contributed by atoms with Gasteiger partial charge < -0.3 is 26.0 Å². The largest absolute Gasteiger partial charge is 0.396 e. The van der Waals surface area contributed by atoms with Gasteiger partial charge >= 0.3 is 0 Å². The van der Waals surface area contributed by atoms with Crippen LogP contribution in [0.25, 0.3) is 0 Å². The van der Waals surface area contributed by atoms with E-state index in [0.29, 0.717) is 23.8 Å². The predicted molar refractivity (Wildman–Crippen MR) is 95.0 cm³/mol. The van der Waals surface area contributed by atoms with Gasteiger partial charge in [-0.05, 0) is 32.1 Å². The molecule has 1 aliphatic heterocycles. The number of hydrogen-bond donors (Lipinski definition) is 3. The van der Waals surface area contributed by atoms with Crippen molar-refractivity contribution in [3.05, 3.63) is 12.3 Å². The van der Waals surface area contributed by atoms with Crippen LogP contribution in [0.5, 0.6) is 0 Å². The molecule has 0 aromatic carbocycles. The Bertz CT molecular complexity index is 554. The molecule has 1 aromatic rings. The number of ether oxygens (including phenoxy) is 1. The number of nitrogen functional groups attached to an aromatic ring is 1. The van der Waals surface area contributed by atoms with Crippen LogP contribution >= 0.6 is 0 Å². The number of hydrogen-bond acceptors (Lipinski definition) is 6. The van der Waals surface area contributed by atoms with Gasteiger partial charge in [-0.1, -0.05) is 0 Å². The third-order valence-corrected chi connectivity index (χ3v) is 5.02. The summed E-state index contributed by atoms with van der Waals surface area (Å²) in [6.07, 6.45) is 7.73. The molecule has 1 atom stereocenters. The summed E-state index contributed by atoms with van der Waals surface area (Å²) in [5.41, 5.74) is 7.61. The minimum atomic E-state index is 0.317. The number of anilines is 3. The number of carbonyl (C=O) groups is 1. The Morgan fingerprint density at radius 2 is 2.04 bits per heavy atom. The van der Waals surface area contributed by atoms with E-state index in [-0.39, 0.29) is 0 Å². The van der Waals surface area contributed by atoms with Gasteiger partial charge in [-0.15, -0.1) is 0 Å². The predicted octanol–water partition coefficient (Wildman–Crippen LogP) is 1.68. The smallest absolute Gasteiger partial charge is 0.209 e. The molecule has 7 nitrogen and oxygen atoms in total. The Kier molecular flexibility index (Phi) is 5.40. The Labute approximate surface area is 142 Å². The molecule has 24 heavy (non-hydrogen) atoms. The molecule has 2 heterocycles. The van der Waals surface area contributed by atoms with Gasteiger partial charge in [0.25, 0.3) is 0 Å². The van der Waals surface area contributed by atoms with E-state index in [4.69, 9.17) is 10.5 Å². The molecular formula is C17H27N5O2. The van der Waals surface area contributed by atoms with Crippen LogP contribution in [0.4, 0.5) is 17.2 Å². The highest BCUT2D eigenvalue weighted by atomic mass is 16.5. The van der Waals surface area contributed by atoms with Crippen molar-refractivity contribution in [3.63, 3.8) is 0 Å². The van der Waals surface area contributed by atoms with Crippen molar-refractivity contribution in [3.8, 4) is 0 Å². The summed E-state index contributed by atoms with van der Waals surface area (Å²) < 4.78 is 5.40. The van der Waals surface area contributed by atoms with Gasteiger partial charge in [-0.25, -0.2) is 4.98 Å². The van der Waals surface area contributed by atoms with Crippen molar-refractivity contribution in [1.82, 2.24) is 9.88 Å². The number of nitrogens with zero attached hydrogens (tertiary/aromatic N) is 2. The van der Waals surface area contributed by atoms with Crippen molar-refractivity contribution < 1.29 is 9.53 Å². The summed E-state index contributed by atoms with van der Waals surface area (Å²) in [6, 6.07) is 3.05. The average Bonchev–Trinajstić information content (AvgIpc) is 3.11. The first-order valence-electron chi connectivity index (χ1n) is 8.69. The Hall–Kier alpha value is -2.02. The van der Waals surface area contributed by atoms with Crippen molar-refractivity contribution in [2.24, 2.45) is 0 Å². The number of nitrogens with one attached hydrogen (secondary N) is 2. The second kappa shape index (κ2) is 7.70. The maximum Gasteiger partial charge on any atom is 0.209 e. The van der Waals surface area contributed by atoms with Crippen molar-refractivity contribution in [2.45, 2.75) is 50.2 Å². The molecule has 7 heteroatoms. The van der Waals surface area contributed by atoms with Crippen LogP contribution in [0, 0.1) is 0 Å². The van der Waals surface area contributed by atoms with E-state index in [1.165, 1.54) is 0 Å². The van der Waals surface area contributed by atoms with E-state index < -0.39 is 0 Å². The average molecular weight is 333 g/mol. The third kappa shape index (κ3) is 4.08. The first-order chi connectivity index (χ1) is 11.7. The zero-order chi connectivity index (χ0) is 16.9. The molecule has 4 N–H and O–H groups in total. The van der Waals surface area contributed by atoms with Crippen molar-refractivity contribution in [1.29, 1.82) is 0 Å². The van der Waals surface area contributed by atoms with Crippen LogP contribution < -0.4 is 16.4 Å². The summed E-state index contributed by atoms with van der Waals surface area (Å²) in [5, 5.41) is 6.95. The lowest BCUT2D eigenvalue weighted by atomic mass is 9.90. The highest BCUT2D eigenvalue weighted by Gasteiger charge is 2.24. The monoisotopic (exact) mass is 333 g/mol. The molecule has 3 rings (SSSR count). The zero-order valence-corrected chi connectivity index (χ0v) is 14.2. The molecule has 132 valence electrons. The molecule has 1 saturated carbocycles. The number of nitrogens with two attached hydrogens (primary N) is 1. The zero-order valence-electron chi connectivity index (χ0n) is 14.2. The minimum Gasteiger partial charge on any atom is -0.396 e. The molecule has 0 bridgehead atoms. The minimum absolute atomic E-state index is 0.317. The highest BCUT2D eigenvalue weighted by Crippen LogP contribution is 2.27. The Morgan fingerprint density at radius 1 is 1.25 bits per heavy atom. The van der Waals surface area contributed by atoms with E-state index in [2.05, 4.69) is 15.6 Å². The van der Waals surface area contributed by atoms with E-state index in [1.54, 1.807) is 11.1 Å². The summed E-state index contributed by atoms with van der Waals surface area (Å²) in [4.78, 5) is 17.0. The molecule has 0 radical (unpaired) electrons. The summed E-state index contributed by atoms with van der Waals surface area (Å²) in [5.74, 6) is 0.845. The fraction of sp³-hybridized carbons (Fsp3) is 0.647. The number of aromatic nitrogens is 1. The standard InChI is InChI=1S/C17H27N5O2/c1-22(11-23)14-4-2-12(3-5-14)21-17-8-16(15(18)9-19-17)20-13-6-7-24-10-13/h8-9,11-14H,2-7,10,18H2,1H3,(H2,19,20,21)/t12?,13-,14?/m0/s1. The fourth-order valence-electron chi connectivity index (χ4n) is 3.46. The highest BCUT2D eigenvalue weighted by molar-refractivity contribution is 5.69. The van der Waals surface area contributed by atoms with Crippen LogP contribution in [0.1, 0.15) is 32.1 Å². The quantitative estimate of drug-likeness (QED) is 0.686. The lowest BCUT2D eigenvalue weighted by Crippen LogP contribution is -2.37. The van der Waals surface area contributed by atoms with Gasteiger partial charge in [0.2, 0.25) is 6.41 Å². The molecule has 1 saturated heterocycles. The summed E-state index contributed by atoms with van der Waals surface area (Å²) in [6.45, 7) is 1.52. The van der Waals surface area contributed by atoms with Gasteiger partial charge in [-0.2, -0.15) is 0 Å².